The van der Waals surface area contributed by atoms with Crippen molar-refractivity contribution in [3.63, 3.8) is 0 Å². The quantitative estimate of drug-likeness (QED) is 0.458. The van der Waals surface area contributed by atoms with Gasteiger partial charge < -0.3 is 9.09 Å². The van der Waals surface area contributed by atoms with Crippen LogP contribution in [0, 0.1) is 5.82 Å². The highest BCUT2D eigenvalue weighted by Crippen LogP contribution is 2.39. The van der Waals surface area contributed by atoms with Crippen LogP contribution < -0.4 is 5.56 Å². The minimum atomic E-state index is -0.352. The molecule has 30 heavy (non-hydrogen) atoms. The van der Waals surface area contributed by atoms with Gasteiger partial charge in [0, 0.05) is 11.5 Å². The van der Waals surface area contributed by atoms with E-state index >= 15 is 0 Å². The van der Waals surface area contributed by atoms with Crippen molar-refractivity contribution in [2.24, 2.45) is 0 Å². The molecule has 0 aliphatic heterocycles. The van der Waals surface area contributed by atoms with Crippen LogP contribution in [0.3, 0.4) is 0 Å². The van der Waals surface area contributed by atoms with Gasteiger partial charge in [-0.15, -0.1) is 0 Å². The summed E-state index contributed by atoms with van der Waals surface area (Å²) in [6.45, 7) is 0.104. The van der Waals surface area contributed by atoms with Gasteiger partial charge in [-0.25, -0.2) is 9.37 Å². The van der Waals surface area contributed by atoms with Gasteiger partial charge in [-0.3, -0.25) is 9.20 Å². The minimum absolute atomic E-state index is 0.104. The zero-order valence-corrected chi connectivity index (χ0v) is 15.8. The van der Waals surface area contributed by atoms with E-state index in [9.17, 15) is 9.18 Å². The SMILES string of the molecule is O=c1c2c(-c3noc(C4CC4)n3)ncn2c2ccccc2n1Cc1ccccc1F. The Hall–Kier alpha value is -3.81. The molecule has 0 spiro atoms. The number of fused-ring (bicyclic) bond motifs is 3. The molecule has 3 aromatic heterocycles. The molecule has 1 aliphatic rings. The Morgan fingerprint density at radius 2 is 1.83 bits per heavy atom. The van der Waals surface area contributed by atoms with Crippen molar-refractivity contribution in [1.82, 2.24) is 24.1 Å². The smallest absolute Gasteiger partial charge is 0.278 e. The van der Waals surface area contributed by atoms with Crippen molar-refractivity contribution in [1.29, 1.82) is 0 Å². The lowest BCUT2D eigenvalue weighted by atomic mass is 10.2. The first-order valence-corrected chi connectivity index (χ1v) is 9.76. The summed E-state index contributed by atoms with van der Waals surface area (Å²) in [7, 11) is 0. The van der Waals surface area contributed by atoms with Gasteiger partial charge in [0.25, 0.3) is 5.56 Å². The van der Waals surface area contributed by atoms with Gasteiger partial charge in [0.15, 0.2) is 0 Å². The maximum atomic E-state index is 14.3. The van der Waals surface area contributed by atoms with Crippen molar-refractivity contribution >= 4 is 16.6 Å². The van der Waals surface area contributed by atoms with Crippen molar-refractivity contribution in [3.8, 4) is 11.5 Å². The van der Waals surface area contributed by atoms with Gasteiger partial charge in [-0.2, -0.15) is 4.98 Å². The number of benzene rings is 2. The second kappa shape index (κ2) is 6.35. The fourth-order valence-electron chi connectivity index (χ4n) is 3.81. The molecule has 1 fully saturated rings. The molecule has 0 N–H and O–H groups in total. The molecule has 148 valence electrons. The lowest BCUT2D eigenvalue weighted by Crippen LogP contribution is -2.24. The zero-order chi connectivity index (χ0) is 20.2. The van der Waals surface area contributed by atoms with Crippen LogP contribution in [0.2, 0.25) is 0 Å². The molecule has 0 unspecified atom stereocenters. The Morgan fingerprint density at radius 1 is 1.07 bits per heavy atom. The number of rotatable bonds is 4. The highest BCUT2D eigenvalue weighted by atomic mass is 19.1. The van der Waals surface area contributed by atoms with Gasteiger partial charge in [-0.05, 0) is 31.0 Å². The summed E-state index contributed by atoms with van der Waals surface area (Å²) in [5.74, 6) is 0.829. The average Bonchev–Trinajstić information content (AvgIpc) is 3.32. The van der Waals surface area contributed by atoms with E-state index in [-0.39, 0.29) is 17.9 Å². The molecule has 3 heterocycles. The largest absolute Gasteiger partial charge is 0.339 e. The summed E-state index contributed by atoms with van der Waals surface area (Å²) in [5, 5.41) is 4.05. The van der Waals surface area contributed by atoms with E-state index < -0.39 is 0 Å². The summed E-state index contributed by atoms with van der Waals surface area (Å²) >= 11 is 0. The molecular formula is C22H16FN5O2. The predicted molar refractivity (Wildman–Crippen MR) is 108 cm³/mol. The first kappa shape index (κ1) is 17.1. The maximum absolute atomic E-state index is 14.3. The lowest BCUT2D eigenvalue weighted by Gasteiger charge is -2.13. The molecule has 0 atom stereocenters. The minimum Gasteiger partial charge on any atom is -0.339 e. The van der Waals surface area contributed by atoms with Crippen LogP contribution in [-0.2, 0) is 6.54 Å². The van der Waals surface area contributed by atoms with Crippen LogP contribution in [0.15, 0.2) is 64.2 Å². The highest BCUT2D eigenvalue weighted by molar-refractivity contribution is 5.83. The number of halogens is 1. The zero-order valence-electron chi connectivity index (χ0n) is 15.8. The number of imidazole rings is 1. The van der Waals surface area contributed by atoms with E-state index in [2.05, 4.69) is 15.1 Å². The Labute approximate surface area is 169 Å². The predicted octanol–water partition coefficient (Wildman–Crippen LogP) is 3.76. The lowest BCUT2D eigenvalue weighted by molar-refractivity contribution is 0.380. The molecule has 2 aromatic carbocycles. The Morgan fingerprint density at radius 3 is 2.63 bits per heavy atom. The molecule has 7 nitrogen and oxygen atoms in total. The Kier molecular flexibility index (Phi) is 3.61. The van der Waals surface area contributed by atoms with Crippen molar-refractivity contribution in [2.75, 3.05) is 0 Å². The summed E-state index contributed by atoms with van der Waals surface area (Å²) < 4.78 is 23.0. The fraction of sp³-hybridized carbons (Fsp3) is 0.182. The van der Waals surface area contributed by atoms with Crippen molar-refractivity contribution in [3.05, 3.63) is 82.5 Å². The van der Waals surface area contributed by atoms with E-state index in [1.165, 1.54) is 6.07 Å². The highest BCUT2D eigenvalue weighted by Gasteiger charge is 2.30. The van der Waals surface area contributed by atoms with Crippen LogP contribution in [0.4, 0.5) is 4.39 Å². The molecule has 0 saturated heterocycles. The number of nitrogens with zero attached hydrogens (tertiary/aromatic N) is 5. The molecule has 8 heteroatoms. The molecule has 0 amide bonds. The van der Waals surface area contributed by atoms with Crippen molar-refractivity contribution in [2.45, 2.75) is 25.3 Å². The summed E-state index contributed by atoms with van der Waals surface area (Å²) in [6.07, 6.45) is 3.66. The van der Waals surface area contributed by atoms with E-state index in [0.717, 1.165) is 18.4 Å². The summed E-state index contributed by atoms with van der Waals surface area (Å²) in [5.41, 5.74) is 2.33. The van der Waals surface area contributed by atoms with Crippen molar-refractivity contribution < 1.29 is 8.91 Å². The second-order valence-corrected chi connectivity index (χ2v) is 7.51. The molecule has 1 saturated carbocycles. The summed E-state index contributed by atoms with van der Waals surface area (Å²) in [6, 6.07) is 13.9. The standard InChI is InChI=1S/C22H16FN5O2/c23-15-6-2-1-5-14(15)11-27-16-7-3-4-8-17(16)28-12-24-18(19(28)22(27)29)20-25-21(30-26-20)13-9-10-13/h1-8,12-13H,9-11H2. The Balaban J connectivity index is 1.61. The third kappa shape index (κ3) is 2.57. The van der Waals surface area contributed by atoms with Crippen LogP contribution in [0.1, 0.15) is 30.2 Å². The molecule has 5 aromatic rings. The Bertz CT molecular complexity index is 1480. The van der Waals surface area contributed by atoms with Gasteiger partial charge >= 0.3 is 0 Å². The molecule has 0 radical (unpaired) electrons. The number of aromatic nitrogens is 5. The normalized spacial score (nSPS) is 14.0. The van der Waals surface area contributed by atoms with Crippen LogP contribution >= 0.6 is 0 Å². The first-order chi connectivity index (χ1) is 14.7. The van der Waals surface area contributed by atoms with E-state index in [0.29, 0.717) is 39.9 Å². The topological polar surface area (TPSA) is 78.2 Å². The number of hydrogen-bond donors (Lipinski definition) is 0. The summed E-state index contributed by atoms with van der Waals surface area (Å²) in [4.78, 5) is 22.4. The molecule has 6 rings (SSSR count). The first-order valence-electron chi connectivity index (χ1n) is 9.76. The van der Waals surface area contributed by atoms with E-state index in [1.807, 2.05) is 24.3 Å². The number of hydrogen-bond acceptors (Lipinski definition) is 5. The van der Waals surface area contributed by atoms with E-state index in [1.54, 1.807) is 33.5 Å². The third-order valence-corrected chi connectivity index (χ3v) is 5.51. The van der Waals surface area contributed by atoms with Crippen LogP contribution in [0.25, 0.3) is 28.1 Å². The van der Waals surface area contributed by atoms with E-state index in [4.69, 9.17) is 4.52 Å². The van der Waals surface area contributed by atoms with Gasteiger partial charge in [0.05, 0.1) is 17.6 Å². The average molecular weight is 401 g/mol. The molecule has 1 aliphatic carbocycles. The van der Waals surface area contributed by atoms with Gasteiger partial charge in [0.2, 0.25) is 11.7 Å². The van der Waals surface area contributed by atoms with Gasteiger partial charge in [0.1, 0.15) is 23.4 Å². The monoisotopic (exact) mass is 401 g/mol. The fourth-order valence-corrected chi connectivity index (χ4v) is 3.81. The third-order valence-electron chi connectivity index (χ3n) is 5.51. The second-order valence-electron chi connectivity index (χ2n) is 7.51. The van der Waals surface area contributed by atoms with Gasteiger partial charge in [-0.1, -0.05) is 35.5 Å². The number of para-hydroxylation sites is 2. The molecule has 0 bridgehead atoms. The van der Waals surface area contributed by atoms with Crippen LogP contribution in [0.5, 0.6) is 0 Å². The molecular weight excluding hydrogens is 385 g/mol. The van der Waals surface area contributed by atoms with Crippen LogP contribution in [-0.4, -0.2) is 24.1 Å². The maximum Gasteiger partial charge on any atom is 0.278 e.